The first-order valence-corrected chi connectivity index (χ1v) is 21.9. The fourth-order valence-electron chi connectivity index (χ4n) is 9.09. The first-order chi connectivity index (χ1) is 29.3. The smallest absolute Gasteiger partial charge is 0.415 e. The summed E-state index contributed by atoms with van der Waals surface area (Å²) in [6.07, 6.45) is 8.64. The normalized spacial score (nSPS) is 23.4. The molecule has 1 saturated carbocycles. The maximum atomic E-state index is 14.5. The van der Waals surface area contributed by atoms with Gasteiger partial charge >= 0.3 is 6.09 Å². The van der Waals surface area contributed by atoms with Crippen LogP contribution in [0.3, 0.4) is 0 Å². The minimum Gasteiger partial charge on any atom is -0.493 e. The molecule has 13 nitrogen and oxygen atoms in total. The molecule has 0 aromatic heterocycles. The van der Waals surface area contributed by atoms with Gasteiger partial charge in [0.05, 0.1) is 29.8 Å². The average molecular weight is 844 g/mol. The number of hydrogen-bond donors (Lipinski definition) is 2. The predicted molar refractivity (Wildman–Crippen MR) is 231 cm³/mol. The maximum absolute atomic E-state index is 14.5. The molecule has 1 fully saturated rings. The van der Waals surface area contributed by atoms with Crippen molar-refractivity contribution in [1.82, 2.24) is 4.90 Å². The van der Waals surface area contributed by atoms with Gasteiger partial charge in [-0.1, -0.05) is 55.3 Å². The second kappa shape index (κ2) is 21.6. The Labute approximate surface area is 356 Å². The number of allylic oxidation sites excluding steroid dienone is 1. The van der Waals surface area contributed by atoms with Crippen LogP contribution in [0.2, 0.25) is 0 Å². The van der Waals surface area contributed by atoms with Crippen molar-refractivity contribution in [1.29, 1.82) is 0 Å². The van der Waals surface area contributed by atoms with Crippen molar-refractivity contribution in [3.63, 3.8) is 0 Å². The van der Waals surface area contributed by atoms with Gasteiger partial charge in [0.25, 0.3) is 5.69 Å². The second-order valence-electron chi connectivity index (χ2n) is 15.3. The van der Waals surface area contributed by atoms with Crippen molar-refractivity contribution in [2.75, 3.05) is 45.8 Å². The lowest BCUT2D eigenvalue weighted by atomic mass is 9.55. The number of carbonyl (C=O) groups excluding carboxylic acids is 1. The largest absolute Gasteiger partial charge is 0.493 e. The molecule has 0 spiro atoms. The number of unbranched alkanes of at least 4 members (excludes halogenated alkanes) is 2. The summed E-state index contributed by atoms with van der Waals surface area (Å²) in [4.78, 5) is 33.6. The Morgan fingerprint density at radius 3 is 2.47 bits per heavy atom. The van der Waals surface area contributed by atoms with Crippen molar-refractivity contribution in [2.45, 2.75) is 80.9 Å². The van der Waals surface area contributed by atoms with Gasteiger partial charge in [-0.05, 0) is 92.0 Å². The number of fused-ring (bicyclic) bond motifs is 2. The molecule has 2 N–H and O–H groups in total. The number of aliphatic hydroxyl groups excluding tert-OH is 2. The average Bonchev–Trinajstić information content (AvgIpc) is 3.26. The number of nitrogens with zero attached hydrogens (tertiary/aromatic N) is 3. The lowest BCUT2D eigenvalue weighted by molar-refractivity contribution is -0.384. The van der Waals surface area contributed by atoms with Gasteiger partial charge in [0.2, 0.25) is 5.79 Å². The molecule has 1 aliphatic heterocycles. The van der Waals surface area contributed by atoms with E-state index in [1.54, 1.807) is 22.7 Å². The van der Waals surface area contributed by atoms with Crippen LogP contribution in [0.25, 0.3) is 0 Å². The highest BCUT2D eigenvalue weighted by molar-refractivity contribution is 7.99. The summed E-state index contributed by atoms with van der Waals surface area (Å²) in [6, 6.07) is 20.8. The van der Waals surface area contributed by atoms with E-state index in [1.165, 1.54) is 36.3 Å². The molecule has 6 rings (SSSR count). The van der Waals surface area contributed by atoms with E-state index in [9.17, 15) is 25.1 Å². The number of hydrogen-bond acceptors (Lipinski definition) is 12. The quantitative estimate of drug-likeness (QED) is 0.0327. The summed E-state index contributed by atoms with van der Waals surface area (Å²) in [5, 5.41) is 35.7. The van der Waals surface area contributed by atoms with E-state index in [-0.39, 0.29) is 62.0 Å². The number of ether oxygens (including phenoxy) is 4. The molecular weight excluding hydrogens is 787 g/mol. The summed E-state index contributed by atoms with van der Waals surface area (Å²) in [7, 11) is 1.51. The Hall–Kier alpha value is -4.89. The topological polar surface area (TPSA) is 162 Å². The van der Waals surface area contributed by atoms with Crippen LogP contribution in [-0.2, 0) is 9.57 Å². The zero-order valence-corrected chi connectivity index (χ0v) is 35.3. The summed E-state index contributed by atoms with van der Waals surface area (Å²) in [5.74, 6) is 0.233. The summed E-state index contributed by atoms with van der Waals surface area (Å²) in [6.45, 7) is 7.02. The van der Waals surface area contributed by atoms with E-state index in [4.69, 9.17) is 23.8 Å². The van der Waals surface area contributed by atoms with Gasteiger partial charge in [-0.15, -0.1) is 18.3 Å². The SMILES string of the molecule is C=CCOC12Oc3ccc(OCCSc4ccccc4)cc3C3C(CCCCO)C(CCCCO)C=C(C(=NOC)CC1N(CCC)C(=O)Oc1ccc([N+](=O)[O-])cc1)C32. The molecule has 6 unspecified atom stereocenters. The van der Waals surface area contributed by atoms with E-state index < -0.39 is 28.8 Å². The van der Waals surface area contributed by atoms with Gasteiger partial charge in [-0.3, -0.25) is 15.0 Å². The first kappa shape index (κ1) is 44.7. The summed E-state index contributed by atoms with van der Waals surface area (Å²) < 4.78 is 26.6. The van der Waals surface area contributed by atoms with Crippen LogP contribution in [0.5, 0.6) is 17.2 Å². The molecule has 2 aliphatic carbocycles. The lowest BCUT2D eigenvalue weighted by Gasteiger charge is -2.59. The van der Waals surface area contributed by atoms with Crippen molar-refractivity contribution < 1.29 is 43.7 Å². The van der Waals surface area contributed by atoms with Gasteiger partial charge in [0, 0.05) is 60.4 Å². The minimum atomic E-state index is -1.45. The minimum absolute atomic E-state index is 0.0523. The molecule has 0 bridgehead atoms. The van der Waals surface area contributed by atoms with Crippen LogP contribution < -0.4 is 14.2 Å². The van der Waals surface area contributed by atoms with Crippen molar-refractivity contribution in [3.8, 4) is 17.2 Å². The number of oxime groups is 1. The van der Waals surface area contributed by atoms with Gasteiger partial charge in [-0.2, -0.15) is 0 Å². The van der Waals surface area contributed by atoms with Crippen LogP contribution in [0.1, 0.15) is 69.8 Å². The number of amides is 1. The number of thioether (sulfide) groups is 1. The van der Waals surface area contributed by atoms with E-state index in [0.29, 0.717) is 43.1 Å². The fraction of sp³-hybridized carbons (Fsp3) is 0.478. The first-order valence-electron chi connectivity index (χ1n) is 20.9. The Morgan fingerprint density at radius 2 is 1.78 bits per heavy atom. The van der Waals surface area contributed by atoms with Crippen molar-refractivity contribution in [3.05, 3.63) is 113 Å². The Balaban J connectivity index is 1.47. The summed E-state index contributed by atoms with van der Waals surface area (Å²) >= 11 is 1.73. The van der Waals surface area contributed by atoms with Crippen LogP contribution in [0.4, 0.5) is 10.5 Å². The number of benzene rings is 3. The zero-order valence-electron chi connectivity index (χ0n) is 34.5. The standard InChI is InChI=1S/C46H57N3O10S/c1-4-23-48(45(52)58-34-19-17-33(18-20-34)49(53)54)42-31-40(47-55-3)38-29-32(13-9-11-24-50)37(16-10-12-25-51)43-39-30-35(56-27-28-60-36-14-7-6-8-15-36)21-22-41(39)59-46(42,44(38)43)57-26-5-2/h5-8,14-15,17-22,29-30,32,37,42-44,50-51H,2,4,9-13,16,23-28,31H2,1,3H3. The lowest BCUT2D eigenvalue weighted by Crippen LogP contribution is -2.70. The number of aliphatic hydroxyl groups is 2. The molecule has 60 heavy (non-hydrogen) atoms. The highest BCUT2D eigenvalue weighted by Crippen LogP contribution is 2.62. The molecule has 6 atom stereocenters. The Morgan fingerprint density at radius 1 is 1.05 bits per heavy atom. The third-order valence-corrected chi connectivity index (χ3v) is 12.5. The third kappa shape index (κ3) is 10.2. The van der Waals surface area contributed by atoms with Gasteiger partial charge in [-0.25, -0.2) is 4.79 Å². The maximum Gasteiger partial charge on any atom is 0.415 e. The molecule has 3 aromatic carbocycles. The molecule has 0 saturated heterocycles. The van der Waals surface area contributed by atoms with Gasteiger partial charge in [0.15, 0.2) is 0 Å². The van der Waals surface area contributed by atoms with Gasteiger partial charge in [0.1, 0.15) is 30.4 Å². The molecule has 322 valence electrons. The van der Waals surface area contributed by atoms with E-state index in [2.05, 4.69) is 36.0 Å². The fourth-order valence-corrected chi connectivity index (χ4v) is 9.85. The van der Waals surface area contributed by atoms with Crippen molar-refractivity contribution >= 4 is 29.3 Å². The Kier molecular flexibility index (Phi) is 16.1. The molecule has 3 aliphatic rings. The predicted octanol–water partition coefficient (Wildman–Crippen LogP) is 8.94. The zero-order chi connectivity index (χ0) is 42.5. The number of carbonyl (C=O) groups is 1. The highest BCUT2D eigenvalue weighted by Gasteiger charge is 2.65. The monoisotopic (exact) mass is 843 g/mol. The molecule has 3 aromatic rings. The van der Waals surface area contributed by atoms with Crippen LogP contribution in [-0.4, -0.2) is 89.5 Å². The summed E-state index contributed by atoms with van der Waals surface area (Å²) in [5.41, 5.74) is 2.43. The third-order valence-electron chi connectivity index (χ3n) is 11.5. The van der Waals surface area contributed by atoms with Crippen molar-refractivity contribution in [2.24, 2.45) is 22.9 Å². The number of non-ortho nitro benzene ring substituents is 1. The molecule has 1 heterocycles. The highest BCUT2D eigenvalue weighted by atomic mass is 32.2. The van der Waals surface area contributed by atoms with E-state index in [0.717, 1.165) is 42.6 Å². The second-order valence-corrected chi connectivity index (χ2v) is 16.4. The number of rotatable bonds is 22. The van der Waals surface area contributed by atoms with Gasteiger partial charge < -0.3 is 34.0 Å². The number of nitro groups is 1. The molecular formula is C46H57N3O10S. The van der Waals surface area contributed by atoms with Crippen LogP contribution in [0.15, 0.2) is 107 Å². The van der Waals surface area contributed by atoms with E-state index in [1.807, 2.05) is 37.3 Å². The Bertz CT molecular complexity index is 1960. The van der Waals surface area contributed by atoms with Crippen LogP contribution in [0, 0.1) is 27.9 Å². The molecule has 14 heteroatoms. The number of nitro benzene ring substituents is 1. The van der Waals surface area contributed by atoms with E-state index >= 15 is 0 Å². The molecule has 1 amide bonds. The van der Waals surface area contributed by atoms with Crippen LogP contribution >= 0.6 is 11.8 Å². The molecule has 0 radical (unpaired) electrons.